The molecule has 3 aromatic rings. The average Bonchev–Trinajstić information content (AvgIpc) is 2.74. The topological polar surface area (TPSA) is 68.3 Å². The highest BCUT2D eigenvalue weighted by atomic mass is 32.2. The van der Waals surface area contributed by atoms with Gasteiger partial charge in [0.2, 0.25) is 15.0 Å². The molecule has 0 radical (unpaired) electrons. The van der Waals surface area contributed by atoms with Crippen LogP contribution < -0.4 is 0 Å². The van der Waals surface area contributed by atoms with Gasteiger partial charge in [0.15, 0.2) is 5.78 Å². The monoisotopic (exact) mass is 442 g/mol. The van der Waals surface area contributed by atoms with Crippen LogP contribution in [0.15, 0.2) is 92.4 Å². The van der Waals surface area contributed by atoms with E-state index in [4.69, 9.17) is 0 Å². The van der Waals surface area contributed by atoms with Crippen LogP contribution in [0, 0.1) is 0 Å². The Balaban J connectivity index is 1.78. The third kappa shape index (κ3) is 4.98. The van der Waals surface area contributed by atoms with Gasteiger partial charge < -0.3 is 0 Å². The van der Waals surface area contributed by atoms with E-state index in [0.29, 0.717) is 16.0 Å². The molecule has 0 aliphatic rings. The predicted molar refractivity (Wildman–Crippen MR) is 117 cm³/mol. The summed E-state index contributed by atoms with van der Waals surface area (Å²) in [7, 11) is -3.62. The van der Waals surface area contributed by atoms with E-state index in [-0.39, 0.29) is 20.7 Å². The number of rotatable bonds is 6. The summed E-state index contributed by atoms with van der Waals surface area (Å²) in [5.74, 6) is -0.107. The molecule has 148 valence electrons. The number of hydrogen-bond donors (Lipinski definition) is 0. The summed E-state index contributed by atoms with van der Waals surface area (Å²) >= 11 is 2.53. The molecule has 0 saturated carbocycles. The summed E-state index contributed by atoms with van der Waals surface area (Å²) in [6.07, 6.45) is 1.93. The Labute approximate surface area is 178 Å². The zero-order valence-electron chi connectivity index (χ0n) is 15.8. The van der Waals surface area contributed by atoms with E-state index in [2.05, 4.69) is 0 Å². The van der Waals surface area contributed by atoms with Gasteiger partial charge in [0.25, 0.3) is 0 Å². The van der Waals surface area contributed by atoms with E-state index in [1.54, 1.807) is 72.4 Å². The van der Waals surface area contributed by atoms with Gasteiger partial charge in [-0.15, -0.1) is 11.8 Å². The third-order valence-corrected chi connectivity index (χ3v) is 7.68. The summed E-state index contributed by atoms with van der Waals surface area (Å²) in [6.45, 7) is 1.45. The molecule has 0 saturated heterocycles. The number of carbonyl (C=O) groups excluding carboxylic acids is 2. The van der Waals surface area contributed by atoms with Crippen LogP contribution in [-0.2, 0) is 9.84 Å². The van der Waals surface area contributed by atoms with Crippen LogP contribution in [0.1, 0.15) is 27.6 Å². The van der Waals surface area contributed by atoms with Crippen LogP contribution in [-0.4, -0.2) is 25.6 Å². The van der Waals surface area contributed by atoms with Gasteiger partial charge in [0.1, 0.15) is 0 Å². The minimum Gasteiger partial charge on any atom is -0.295 e. The molecule has 0 fully saturated rings. The summed E-state index contributed by atoms with van der Waals surface area (Å²) in [5, 5.41) is -0.212. The van der Waals surface area contributed by atoms with Gasteiger partial charge in [-0.25, -0.2) is 8.42 Å². The first-order valence-electron chi connectivity index (χ1n) is 8.63. The Morgan fingerprint density at radius 1 is 0.759 bits per heavy atom. The number of Topliss-reactive ketones (excluding diaryl/α,β-unsaturated/α-hetero) is 1. The van der Waals surface area contributed by atoms with Gasteiger partial charge in [-0.05, 0) is 79.5 Å². The highest BCUT2D eigenvalue weighted by Crippen LogP contribution is 2.28. The Bertz CT molecular complexity index is 1150. The van der Waals surface area contributed by atoms with E-state index >= 15 is 0 Å². The molecule has 0 aromatic heterocycles. The number of ketones is 1. The second kappa shape index (κ2) is 8.98. The van der Waals surface area contributed by atoms with Crippen molar-refractivity contribution in [1.82, 2.24) is 0 Å². The van der Waals surface area contributed by atoms with E-state index in [0.717, 1.165) is 16.7 Å². The maximum atomic E-state index is 12.8. The lowest BCUT2D eigenvalue weighted by Gasteiger charge is -2.07. The summed E-state index contributed by atoms with van der Waals surface area (Å²) < 4.78 is 25.6. The largest absolute Gasteiger partial charge is 0.295 e. The Morgan fingerprint density at radius 3 is 1.79 bits per heavy atom. The second-order valence-electron chi connectivity index (χ2n) is 6.18. The standard InChI is InChI=1S/C22H18O4S3/c1-15(23)16-4-3-5-17(14-16)22(24)28-19-8-12-21(13-9-19)29(25,26)20-10-6-18(27-2)7-11-20/h3-14H,1-2H3. The van der Waals surface area contributed by atoms with Gasteiger partial charge in [-0.3, -0.25) is 9.59 Å². The molecule has 0 aliphatic carbocycles. The first-order valence-corrected chi connectivity index (χ1v) is 12.2. The summed E-state index contributed by atoms with van der Waals surface area (Å²) in [4.78, 5) is 26.0. The average molecular weight is 443 g/mol. The van der Waals surface area contributed by atoms with Crippen molar-refractivity contribution in [3.8, 4) is 0 Å². The summed E-state index contributed by atoms with van der Waals surface area (Å²) in [6, 6.07) is 19.5. The van der Waals surface area contributed by atoms with Gasteiger partial charge in [-0.1, -0.05) is 18.2 Å². The van der Waals surface area contributed by atoms with Crippen LogP contribution in [0.5, 0.6) is 0 Å². The molecule has 0 bridgehead atoms. The quantitative estimate of drug-likeness (QED) is 0.377. The van der Waals surface area contributed by atoms with Crippen molar-refractivity contribution < 1.29 is 18.0 Å². The smallest absolute Gasteiger partial charge is 0.224 e. The van der Waals surface area contributed by atoms with Gasteiger partial charge >= 0.3 is 0 Å². The second-order valence-corrected chi connectivity index (χ2v) is 10.1. The molecular formula is C22H18O4S3. The van der Waals surface area contributed by atoms with E-state index in [1.807, 2.05) is 6.26 Å². The highest BCUT2D eigenvalue weighted by molar-refractivity contribution is 8.14. The van der Waals surface area contributed by atoms with Crippen molar-refractivity contribution in [2.45, 2.75) is 26.5 Å². The lowest BCUT2D eigenvalue weighted by molar-refractivity contribution is 0.101. The van der Waals surface area contributed by atoms with Gasteiger partial charge in [-0.2, -0.15) is 0 Å². The Kier molecular flexibility index (Phi) is 6.62. The number of thioether (sulfide) groups is 2. The van der Waals surface area contributed by atoms with E-state index in [1.165, 1.54) is 19.1 Å². The molecule has 0 amide bonds. The Morgan fingerprint density at radius 2 is 1.28 bits per heavy atom. The van der Waals surface area contributed by atoms with Crippen LogP contribution in [0.2, 0.25) is 0 Å². The number of carbonyl (C=O) groups is 2. The maximum Gasteiger partial charge on any atom is 0.224 e. The molecule has 3 rings (SSSR count). The van der Waals surface area contributed by atoms with Crippen molar-refractivity contribution in [3.63, 3.8) is 0 Å². The van der Waals surface area contributed by atoms with Crippen LogP contribution in [0.25, 0.3) is 0 Å². The molecule has 0 atom stereocenters. The minimum atomic E-state index is -3.62. The number of hydrogen-bond acceptors (Lipinski definition) is 6. The van der Waals surface area contributed by atoms with Gasteiger partial charge in [0.05, 0.1) is 9.79 Å². The van der Waals surface area contributed by atoms with E-state index < -0.39 is 9.84 Å². The van der Waals surface area contributed by atoms with Crippen molar-refractivity contribution in [3.05, 3.63) is 83.9 Å². The maximum absolute atomic E-state index is 12.8. The fourth-order valence-corrected chi connectivity index (χ4v) is 5.01. The number of sulfone groups is 1. The van der Waals surface area contributed by atoms with Gasteiger partial charge in [0, 0.05) is 20.9 Å². The molecule has 29 heavy (non-hydrogen) atoms. The van der Waals surface area contributed by atoms with E-state index in [9.17, 15) is 18.0 Å². The molecule has 0 unspecified atom stereocenters. The van der Waals surface area contributed by atoms with Crippen molar-refractivity contribution in [2.75, 3.05) is 6.26 Å². The lowest BCUT2D eigenvalue weighted by Crippen LogP contribution is -2.02. The fourth-order valence-electron chi connectivity index (χ4n) is 2.61. The molecule has 4 nitrogen and oxygen atoms in total. The zero-order valence-corrected chi connectivity index (χ0v) is 18.2. The molecular weight excluding hydrogens is 424 g/mol. The molecule has 0 N–H and O–H groups in total. The molecule has 0 aliphatic heterocycles. The molecule has 0 spiro atoms. The molecule has 0 heterocycles. The lowest BCUT2D eigenvalue weighted by atomic mass is 10.1. The van der Waals surface area contributed by atoms with Crippen molar-refractivity contribution >= 4 is 44.3 Å². The third-order valence-electron chi connectivity index (χ3n) is 4.22. The highest BCUT2D eigenvalue weighted by Gasteiger charge is 2.18. The first kappa shape index (κ1) is 21.4. The fraction of sp³-hybridized carbons (Fsp3) is 0.0909. The predicted octanol–water partition coefficient (Wildman–Crippen LogP) is 5.38. The van der Waals surface area contributed by atoms with Crippen molar-refractivity contribution in [2.24, 2.45) is 0 Å². The molecule has 7 heteroatoms. The SMILES string of the molecule is CSc1ccc(S(=O)(=O)c2ccc(SC(=O)c3cccc(C(C)=O)c3)cc2)cc1. The minimum absolute atomic E-state index is 0.107. The Hall–Kier alpha value is -2.35. The van der Waals surface area contributed by atoms with Crippen LogP contribution >= 0.6 is 23.5 Å². The zero-order chi connectivity index (χ0) is 21.0. The first-order chi connectivity index (χ1) is 13.8. The van der Waals surface area contributed by atoms with Crippen LogP contribution in [0.4, 0.5) is 0 Å². The normalized spacial score (nSPS) is 11.2. The molecule has 3 aromatic carbocycles. The van der Waals surface area contributed by atoms with Crippen LogP contribution in [0.3, 0.4) is 0 Å². The van der Waals surface area contributed by atoms with Crippen molar-refractivity contribution in [1.29, 1.82) is 0 Å². The summed E-state index contributed by atoms with van der Waals surface area (Å²) in [5.41, 5.74) is 0.902. The number of benzene rings is 3.